The van der Waals surface area contributed by atoms with E-state index in [1.165, 1.54) is 0 Å². The highest BCUT2D eigenvalue weighted by Gasteiger charge is 2.20. The third-order valence-electron chi connectivity index (χ3n) is 2.81. The number of hydrogen-bond donors (Lipinski definition) is 4. The second kappa shape index (κ2) is 12.3. The van der Waals surface area contributed by atoms with Crippen LogP contribution in [0.5, 0.6) is 0 Å². The number of carboxylic acid groups (broad SMARTS) is 2. The SMILES string of the molecule is CSCCCCCCNC(=O)N[C@@H](CCC(=O)O)C(=O)O. The van der Waals surface area contributed by atoms with Crippen molar-refractivity contribution in [3.8, 4) is 0 Å². The molecule has 0 saturated heterocycles. The van der Waals surface area contributed by atoms with Gasteiger partial charge in [0.15, 0.2) is 0 Å². The Morgan fingerprint density at radius 2 is 1.76 bits per heavy atom. The van der Waals surface area contributed by atoms with Gasteiger partial charge in [0.2, 0.25) is 0 Å². The van der Waals surface area contributed by atoms with Gasteiger partial charge in [0, 0.05) is 13.0 Å². The molecule has 0 rings (SSSR count). The molecule has 0 saturated carbocycles. The van der Waals surface area contributed by atoms with Gasteiger partial charge in [0.25, 0.3) is 0 Å². The summed E-state index contributed by atoms with van der Waals surface area (Å²) in [5.41, 5.74) is 0. The summed E-state index contributed by atoms with van der Waals surface area (Å²) in [5, 5.41) is 22.3. The van der Waals surface area contributed by atoms with E-state index in [0.29, 0.717) is 6.54 Å². The zero-order valence-corrected chi connectivity index (χ0v) is 13.1. The number of amides is 2. The maximum atomic E-state index is 11.5. The van der Waals surface area contributed by atoms with Gasteiger partial charge in [-0.05, 0) is 31.3 Å². The van der Waals surface area contributed by atoms with Crippen LogP contribution in [0.3, 0.4) is 0 Å². The molecular formula is C13H24N2O5S. The van der Waals surface area contributed by atoms with Gasteiger partial charge in [-0.15, -0.1) is 0 Å². The van der Waals surface area contributed by atoms with Gasteiger partial charge in [-0.3, -0.25) is 4.79 Å². The van der Waals surface area contributed by atoms with Gasteiger partial charge in [0.05, 0.1) is 0 Å². The topological polar surface area (TPSA) is 116 Å². The Kier molecular flexibility index (Phi) is 11.5. The molecule has 0 radical (unpaired) electrons. The molecule has 0 aromatic rings. The lowest BCUT2D eigenvalue weighted by Crippen LogP contribution is -2.46. The number of urea groups is 1. The zero-order chi connectivity index (χ0) is 16.1. The molecule has 0 fully saturated rings. The van der Waals surface area contributed by atoms with Crippen molar-refractivity contribution in [2.45, 2.75) is 44.6 Å². The van der Waals surface area contributed by atoms with E-state index < -0.39 is 24.0 Å². The molecule has 0 aliphatic rings. The van der Waals surface area contributed by atoms with Gasteiger partial charge in [-0.25, -0.2) is 9.59 Å². The molecule has 0 heterocycles. The van der Waals surface area contributed by atoms with E-state index in [4.69, 9.17) is 10.2 Å². The summed E-state index contributed by atoms with van der Waals surface area (Å²) in [6, 6.07) is -1.75. The second-order valence-electron chi connectivity index (χ2n) is 4.63. The molecule has 0 aromatic carbocycles. The van der Waals surface area contributed by atoms with Crippen LogP contribution in [-0.4, -0.2) is 52.8 Å². The summed E-state index contributed by atoms with van der Waals surface area (Å²) in [6.45, 7) is 0.483. The first-order valence-corrected chi connectivity index (χ1v) is 8.34. The maximum absolute atomic E-state index is 11.5. The minimum atomic E-state index is -1.23. The monoisotopic (exact) mass is 320 g/mol. The van der Waals surface area contributed by atoms with E-state index in [0.717, 1.165) is 31.4 Å². The standard InChI is InChI=1S/C13H24N2O5S/c1-21-9-5-3-2-4-8-14-13(20)15-10(12(18)19)6-7-11(16)17/h10H,2-9H2,1H3,(H,16,17)(H,18,19)(H2,14,15,20)/t10-/m0/s1. The third kappa shape index (κ3) is 12.0. The molecule has 21 heavy (non-hydrogen) atoms. The van der Waals surface area contributed by atoms with Crippen LogP contribution in [0.4, 0.5) is 4.79 Å². The summed E-state index contributed by atoms with van der Waals surface area (Å²) in [5.74, 6) is -1.19. The first-order chi connectivity index (χ1) is 9.97. The van der Waals surface area contributed by atoms with Crippen molar-refractivity contribution in [1.29, 1.82) is 0 Å². The molecule has 0 aliphatic heterocycles. The molecule has 0 aliphatic carbocycles. The number of carboxylic acids is 2. The highest BCUT2D eigenvalue weighted by Crippen LogP contribution is 2.04. The zero-order valence-electron chi connectivity index (χ0n) is 12.3. The lowest BCUT2D eigenvalue weighted by molar-refractivity contribution is -0.140. The number of aliphatic carboxylic acids is 2. The largest absolute Gasteiger partial charge is 0.481 e. The molecule has 1 atom stereocenters. The first kappa shape index (κ1) is 19.6. The van der Waals surface area contributed by atoms with Crippen LogP contribution in [0.1, 0.15) is 38.5 Å². The Balaban J connectivity index is 3.78. The molecule has 0 spiro atoms. The van der Waals surface area contributed by atoms with Crippen LogP contribution in [0, 0.1) is 0 Å². The number of thioether (sulfide) groups is 1. The number of carbonyl (C=O) groups is 3. The normalized spacial score (nSPS) is 11.7. The quantitative estimate of drug-likeness (QED) is 0.405. The lowest BCUT2D eigenvalue weighted by atomic mass is 10.1. The lowest BCUT2D eigenvalue weighted by Gasteiger charge is -2.14. The Morgan fingerprint density at radius 3 is 2.33 bits per heavy atom. The molecule has 4 N–H and O–H groups in total. The molecule has 2 amide bonds. The fraction of sp³-hybridized carbons (Fsp3) is 0.769. The summed E-state index contributed by atoms with van der Waals surface area (Å²) in [6.07, 6.45) is 5.76. The molecule has 0 unspecified atom stereocenters. The van der Waals surface area contributed by atoms with Crippen LogP contribution in [0.15, 0.2) is 0 Å². The van der Waals surface area contributed by atoms with Crippen molar-refractivity contribution in [3.05, 3.63) is 0 Å². The number of rotatable bonds is 12. The highest BCUT2D eigenvalue weighted by atomic mass is 32.2. The van der Waals surface area contributed by atoms with Crippen molar-refractivity contribution >= 4 is 29.7 Å². The summed E-state index contributed by atoms with van der Waals surface area (Å²) < 4.78 is 0. The Labute approximate surface area is 128 Å². The molecule has 0 aromatic heterocycles. The predicted molar refractivity (Wildman–Crippen MR) is 81.7 cm³/mol. The Morgan fingerprint density at radius 1 is 1.10 bits per heavy atom. The summed E-state index contributed by atoms with van der Waals surface area (Å²) in [4.78, 5) is 32.8. The van der Waals surface area contributed by atoms with Crippen molar-refractivity contribution in [3.63, 3.8) is 0 Å². The minimum absolute atomic E-state index is 0.132. The van der Waals surface area contributed by atoms with E-state index in [1.807, 2.05) is 11.8 Å². The van der Waals surface area contributed by atoms with Gasteiger partial charge in [-0.1, -0.05) is 12.8 Å². The average Bonchev–Trinajstić information content (AvgIpc) is 2.41. The smallest absolute Gasteiger partial charge is 0.326 e. The van der Waals surface area contributed by atoms with Crippen LogP contribution in [0.25, 0.3) is 0 Å². The van der Waals surface area contributed by atoms with E-state index in [-0.39, 0.29) is 12.8 Å². The first-order valence-electron chi connectivity index (χ1n) is 6.95. The van der Waals surface area contributed by atoms with Crippen LogP contribution in [-0.2, 0) is 9.59 Å². The van der Waals surface area contributed by atoms with Crippen LogP contribution >= 0.6 is 11.8 Å². The van der Waals surface area contributed by atoms with Crippen molar-refractivity contribution in [2.75, 3.05) is 18.6 Å². The number of carbonyl (C=O) groups excluding carboxylic acids is 1. The van der Waals surface area contributed by atoms with Crippen molar-refractivity contribution < 1.29 is 24.6 Å². The van der Waals surface area contributed by atoms with E-state index in [1.54, 1.807) is 0 Å². The van der Waals surface area contributed by atoms with E-state index in [2.05, 4.69) is 16.9 Å². The number of nitrogens with one attached hydrogen (secondary N) is 2. The fourth-order valence-electron chi connectivity index (χ4n) is 1.66. The third-order valence-corrected chi connectivity index (χ3v) is 3.51. The number of hydrogen-bond acceptors (Lipinski definition) is 4. The maximum Gasteiger partial charge on any atom is 0.326 e. The molecular weight excluding hydrogens is 296 g/mol. The average molecular weight is 320 g/mol. The predicted octanol–water partition coefficient (Wildman–Crippen LogP) is 1.53. The minimum Gasteiger partial charge on any atom is -0.481 e. The molecule has 8 heteroatoms. The van der Waals surface area contributed by atoms with Gasteiger partial charge < -0.3 is 20.8 Å². The highest BCUT2D eigenvalue weighted by molar-refractivity contribution is 7.98. The van der Waals surface area contributed by atoms with Gasteiger partial charge >= 0.3 is 18.0 Å². The van der Waals surface area contributed by atoms with Gasteiger partial charge in [0.1, 0.15) is 6.04 Å². The fourth-order valence-corrected chi connectivity index (χ4v) is 2.15. The number of unbranched alkanes of at least 4 members (excludes halogenated alkanes) is 3. The Bertz CT molecular complexity index is 339. The Hall–Kier alpha value is -1.44. The van der Waals surface area contributed by atoms with Crippen molar-refractivity contribution in [2.24, 2.45) is 0 Å². The van der Waals surface area contributed by atoms with E-state index in [9.17, 15) is 14.4 Å². The van der Waals surface area contributed by atoms with Crippen molar-refractivity contribution in [1.82, 2.24) is 10.6 Å². The second-order valence-corrected chi connectivity index (χ2v) is 5.62. The van der Waals surface area contributed by atoms with Crippen LogP contribution < -0.4 is 10.6 Å². The van der Waals surface area contributed by atoms with Gasteiger partial charge in [-0.2, -0.15) is 11.8 Å². The molecule has 122 valence electrons. The van der Waals surface area contributed by atoms with E-state index >= 15 is 0 Å². The van der Waals surface area contributed by atoms with Crippen LogP contribution in [0.2, 0.25) is 0 Å². The molecule has 7 nitrogen and oxygen atoms in total. The molecule has 0 bridgehead atoms. The summed E-state index contributed by atoms with van der Waals surface area (Å²) in [7, 11) is 0. The summed E-state index contributed by atoms with van der Waals surface area (Å²) >= 11 is 1.81.